The molecule has 1 atom stereocenters. The molecule has 1 amide bonds. The molecule has 0 spiro atoms. The quantitative estimate of drug-likeness (QED) is 0.747. The van der Waals surface area contributed by atoms with Gasteiger partial charge in [-0.25, -0.2) is 8.78 Å². The summed E-state index contributed by atoms with van der Waals surface area (Å²) in [4.78, 5) is 14.7. The fourth-order valence-electron chi connectivity index (χ4n) is 3.56. The highest BCUT2D eigenvalue weighted by molar-refractivity contribution is 5.78. The fourth-order valence-corrected chi connectivity index (χ4v) is 3.56. The molecule has 0 aliphatic carbocycles. The molecular formula is C22H26F2N2O. The van der Waals surface area contributed by atoms with Gasteiger partial charge in [-0.2, -0.15) is 0 Å². The van der Waals surface area contributed by atoms with Crippen molar-refractivity contribution in [1.29, 1.82) is 0 Å². The van der Waals surface area contributed by atoms with Crippen molar-refractivity contribution in [3.63, 3.8) is 0 Å². The van der Waals surface area contributed by atoms with Crippen LogP contribution in [0, 0.1) is 17.6 Å². The molecule has 1 N–H and O–H groups in total. The number of nitrogens with one attached hydrogen (secondary N) is 1. The van der Waals surface area contributed by atoms with Gasteiger partial charge in [0.25, 0.3) is 0 Å². The molecule has 1 fully saturated rings. The lowest BCUT2D eigenvalue weighted by Gasteiger charge is -2.32. The van der Waals surface area contributed by atoms with Crippen LogP contribution in [0.3, 0.4) is 0 Å². The molecule has 2 aromatic rings. The Morgan fingerprint density at radius 1 is 1.00 bits per heavy atom. The van der Waals surface area contributed by atoms with Crippen LogP contribution < -0.4 is 5.32 Å². The third-order valence-electron chi connectivity index (χ3n) is 5.05. The number of rotatable bonds is 7. The van der Waals surface area contributed by atoms with Gasteiger partial charge in [0, 0.05) is 19.6 Å². The molecule has 2 aromatic carbocycles. The highest BCUT2D eigenvalue weighted by atomic mass is 19.1. The molecule has 0 aromatic heterocycles. The van der Waals surface area contributed by atoms with Gasteiger partial charge in [-0.3, -0.25) is 9.69 Å². The minimum atomic E-state index is -0.227. The molecule has 1 aliphatic rings. The van der Waals surface area contributed by atoms with Crippen LogP contribution >= 0.6 is 0 Å². The molecule has 3 nitrogen and oxygen atoms in total. The topological polar surface area (TPSA) is 32.3 Å². The Labute approximate surface area is 159 Å². The van der Waals surface area contributed by atoms with E-state index in [1.807, 2.05) is 0 Å². The van der Waals surface area contributed by atoms with Crippen molar-refractivity contribution in [2.75, 3.05) is 19.6 Å². The second-order valence-corrected chi connectivity index (χ2v) is 7.22. The number of nitrogens with zero attached hydrogens (tertiary/aromatic N) is 1. The van der Waals surface area contributed by atoms with Crippen LogP contribution in [0.25, 0.3) is 0 Å². The average Bonchev–Trinajstić information content (AvgIpc) is 2.68. The predicted molar refractivity (Wildman–Crippen MR) is 102 cm³/mol. The van der Waals surface area contributed by atoms with E-state index >= 15 is 0 Å². The second kappa shape index (κ2) is 9.60. The van der Waals surface area contributed by atoms with Crippen molar-refractivity contribution in [1.82, 2.24) is 10.2 Å². The summed E-state index contributed by atoms with van der Waals surface area (Å²) in [5, 5.41) is 3.04. The number of carbonyl (C=O) groups excluding carboxylic acids is 1. The number of carbonyl (C=O) groups is 1. The molecule has 1 saturated heterocycles. The third kappa shape index (κ3) is 6.14. The van der Waals surface area contributed by atoms with Gasteiger partial charge in [-0.15, -0.1) is 0 Å². The highest BCUT2D eigenvalue weighted by Crippen LogP contribution is 2.19. The molecule has 1 unspecified atom stereocenters. The molecule has 0 radical (unpaired) electrons. The molecule has 27 heavy (non-hydrogen) atoms. The van der Waals surface area contributed by atoms with E-state index in [4.69, 9.17) is 0 Å². The number of hydrogen-bond donors (Lipinski definition) is 1. The maximum atomic E-state index is 13.0. The Bertz CT molecular complexity index is 731. The summed E-state index contributed by atoms with van der Waals surface area (Å²) < 4.78 is 25.9. The predicted octanol–water partition coefficient (Wildman–Crippen LogP) is 3.93. The summed E-state index contributed by atoms with van der Waals surface area (Å²) in [5.41, 5.74) is 2.14. The Morgan fingerprint density at radius 3 is 2.30 bits per heavy atom. The summed E-state index contributed by atoms with van der Waals surface area (Å²) in [5.74, 6) is -0.340. The summed E-state index contributed by atoms with van der Waals surface area (Å²) in [6, 6.07) is 13.0. The second-order valence-electron chi connectivity index (χ2n) is 7.22. The van der Waals surface area contributed by atoms with E-state index in [0.29, 0.717) is 6.54 Å². The first-order valence-electron chi connectivity index (χ1n) is 9.59. The van der Waals surface area contributed by atoms with Gasteiger partial charge in [0.15, 0.2) is 0 Å². The summed E-state index contributed by atoms with van der Waals surface area (Å²) in [6.45, 7) is 3.08. The lowest BCUT2D eigenvalue weighted by atomic mass is 9.96. The smallest absolute Gasteiger partial charge is 0.224 e. The molecule has 1 heterocycles. The van der Waals surface area contributed by atoms with Crippen LogP contribution in [0.4, 0.5) is 8.78 Å². The number of aryl methyl sites for hydroxylation is 1. The van der Waals surface area contributed by atoms with Gasteiger partial charge in [0.1, 0.15) is 11.6 Å². The number of benzene rings is 2. The van der Waals surface area contributed by atoms with Crippen molar-refractivity contribution in [3.05, 3.63) is 71.3 Å². The molecule has 3 rings (SSSR count). The third-order valence-corrected chi connectivity index (χ3v) is 5.05. The first-order chi connectivity index (χ1) is 13.1. The van der Waals surface area contributed by atoms with Gasteiger partial charge < -0.3 is 5.32 Å². The van der Waals surface area contributed by atoms with E-state index in [-0.39, 0.29) is 23.5 Å². The Morgan fingerprint density at radius 2 is 1.63 bits per heavy atom. The lowest BCUT2D eigenvalue weighted by molar-refractivity contribution is -0.126. The van der Waals surface area contributed by atoms with Crippen LogP contribution in [0.1, 0.15) is 30.4 Å². The standard InChI is InChI=1S/C22H26F2N2O/c23-20-9-5-17(6-10-20)3-1-13-25-22(27)19-4-2-14-26(16-19)15-18-7-11-21(24)12-8-18/h5-12,19H,1-4,13-16H2,(H,25,27). The Hall–Kier alpha value is -2.27. The maximum Gasteiger partial charge on any atom is 0.224 e. The first kappa shape index (κ1) is 19.5. The van der Waals surface area contributed by atoms with Crippen molar-refractivity contribution in [2.45, 2.75) is 32.2 Å². The van der Waals surface area contributed by atoms with Crippen LogP contribution in [0.2, 0.25) is 0 Å². The van der Waals surface area contributed by atoms with Crippen molar-refractivity contribution < 1.29 is 13.6 Å². The van der Waals surface area contributed by atoms with Crippen molar-refractivity contribution in [2.24, 2.45) is 5.92 Å². The number of likely N-dealkylation sites (tertiary alicyclic amines) is 1. The highest BCUT2D eigenvalue weighted by Gasteiger charge is 2.25. The van der Waals surface area contributed by atoms with Gasteiger partial charge in [-0.1, -0.05) is 24.3 Å². The minimum absolute atomic E-state index is 0.00465. The molecular weight excluding hydrogens is 346 g/mol. The SMILES string of the molecule is O=C(NCCCc1ccc(F)cc1)C1CCCN(Cc2ccc(F)cc2)C1. The summed E-state index contributed by atoms with van der Waals surface area (Å²) >= 11 is 0. The summed E-state index contributed by atoms with van der Waals surface area (Å²) in [6.07, 6.45) is 3.56. The molecule has 0 bridgehead atoms. The minimum Gasteiger partial charge on any atom is -0.356 e. The fraction of sp³-hybridized carbons (Fsp3) is 0.409. The van der Waals surface area contributed by atoms with Crippen LogP contribution in [0.5, 0.6) is 0 Å². The van der Waals surface area contributed by atoms with E-state index in [2.05, 4.69) is 10.2 Å². The zero-order valence-corrected chi connectivity index (χ0v) is 15.5. The zero-order chi connectivity index (χ0) is 19.1. The molecule has 1 aliphatic heterocycles. The van der Waals surface area contributed by atoms with E-state index in [0.717, 1.165) is 56.4 Å². The van der Waals surface area contributed by atoms with Gasteiger partial charge in [0.2, 0.25) is 5.91 Å². The maximum absolute atomic E-state index is 13.0. The lowest BCUT2D eigenvalue weighted by Crippen LogP contribution is -2.42. The monoisotopic (exact) mass is 372 g/mol. The van der Waals surface area contributed by atoms with E-state index in [9.17, 15) is 13.6 Å². The number of hydrogen-bond acceptors (Lipinski definition) is 2. The molecule has 144 valence electrons. The van der Waals surface area contributed by atoms with E-state index in [1.165, 1.54) is 24.3 Å². The van der Waals surface area contributed by atoms with Gasteiger partial charge in [-0.05, 0) is 67.6 Å². The van der Waals surface area contributed by atoms with E-state index < -0.39 is 0 Å². The number of halogens is 2. The zero-order valence-electron chi connectivity index (χ0n) is 15.5. The van der Waals surface area contributed by atoms with Crippen LogP contribution in [-0.4, -0.2) is 30.4 Å². The average molecular weight is 372 g/mol. The van der Waals surface area contributed by atoms with Crippen molar-refractivity contribution in [3.8, 4) is 0 Å². The Kier molecular flexibility index (Phi) is 6.93. The summed E-state index contributed by atoms with van der Waals surface area (Å²) in [7, 11) is 0. The number of piperidine rings is 1. The largest absolute Gasteiger partial charge is 0.356 e. The molecule has 0 saturated carbocycles. The van der Waals surface area contributed by atoms with Crippen molar-refractivity contribution >= 4 is 5.91 Å². The van der Waals surface area contributed by atoms with Crippen LogP contribution in [0.15, 0.2) is 48.5 Å². The number of amides is 1. The Balaban J connectivity index is 1.40. The normalized spacial score (nSPS) is 17.6. The molecule has 5 heteroatoms. The van der Waals surface area contributed by atoms with Gasteiger partial charge >= 0.3 is 0 Å². The van der Waals surface area contributed by atoms with Gasteiger partial charge in [0.05, 0.1) is 5.92 Å². The first-order valence-corrected chi connectivity index (χ1v) is 9.59. The van der Waals surface area contributed by atoms with Crippen LogP contribution in [-0.2, 0) is 17.8 Å². The van der Waals surface area contributed by atoms with E-state index in [1.54, 1.807) is 24.3 Å².